The Balaban J connectivity index is 1.43. The Morgan fingerprint density at radius 2 is 1.97 bits per heavy atom. The predicted molar refractivity (Wildman–Crippen MR) is 113 cm³/mol. The second-order valence-electron chi connectivity index (χ2n) is 7.25. The fraction of sp³-hybridized carbons (Fsp3) is 0.261. The molecule has 2 aromatic heterocycles. The predicted octanol–water partition coefficient (Wildman–Crippen LogP) is 3.75. The second-order valence-corrected chi connectivity index (χ2v) is 7.25. The molecule has 0 bridgehead atoms. The third kappa shape index (κ3) is 4.58. The first-order chi connectivity index (χ1) is 14.6. The maximum Gasteiger partial charge on any atom is 0.254 e. The van der Waals surface area contributed by atoms with Gasteiger partial charge in [-0.1, -0.05) is 30.3 Å². The molecule has 0 radical (unpaired) electrons. The Morgan fingerprint density at radius 3 is 2.77 bits per heavy atom. The Labute approximate surface area is 174 Å². The van der Waals surface area contributed by atoms with Crippen molar-refractivity contribution in [1.82, 2.24) is 20.1 Å². The topological polar surface area (TPSA) is 84.2 Å². The molecule has 0 saturated carbocycles. The zero-order valence-electron chi connectivity index (χ0n) is 17.1. The Bertz CT molecular complexity index is 1130. The minimum absolute atomic E-state index is 0.0892. The summed E-state index contributed by atoms with van der Waals surface area (Å²) in [5.41, 5.74) is 4.86. The van der Waals surface area contributed by atoms with Crippen molar-refractivity contribution >= 4 is 17.0 Å². The molecule has 0 spiro atoms. The summed E-state index contributed by atoms with van der Waals surface area (Å²) in [5.74, 6) is 0.587. The fourth-order valence-corrected chi connectivity index (χ4v) is 3.37. The van der Waals surface area contributed by atoms with Crippen molar-refractivity contribution in [2.24, 2.45) is 0 Å². The van der Waals surface area contributed by atoms with Crippen LogP contribution in [0.5, 0.6) is 0 Å². The fourth-order valence-electron chi connectivity index (χ4n) is 3.37. The molecule has 0 atom stereocenters. The summed E-state index contributed by atoms with van der Waals surface area (Å²) >= 11 is 0. The van der Waals surface area contributed by atoms with Crippen molar-refractivity contribution < 1.29 is 13.9 Å². The normalized spacial score (nSPS) is 11.1. The van der Waals surface area contributed by atoms with Gasteiger partial charge in [-0.3, -0.25) is 9.89 Å². The van der Waals surface area contributed by atoms with Gasteiger partial charge in [0.15, 0.2) is 11.5 Å². The van der Waals surface area contributed by atoms with Crippen LogP contribution in [-0.2, 0) is 30.7 Å². The molecule has 4 aromatic rings. The summed E-state index contributed by atoms with van der Waals surface area (Å²) < 4.78 is 10.9. The van der Waals surface area contributed by atoms with Gasteiger partial charge in [0.05, 0.1) is 24.5 Å². The lowest BCUT2D eigenvalue weighted by molar-refractivity contribution is 0.0783. The number of carbonyl (C=O) groups is 1. The average Bonchev–Trinajstić information content (AvgIpc) is 3.38. The molecule has 30 heavy (non-hydrogen) atoms. The number of aromatic amines is 1. The number of hydrogen-bond acceptors (Lipinski definition) is 5. The number of aryl methyl sites for hydroxylation is 2. The SMILES string of the molecule is COCc1cc(CN(C)C(=O)c2ccc3oc(CCc4ccccc4)nc3c2)[nH]n1. The van der Waals surface area contributed by atoms with Gasteiger partial charge in [0.25, 0.3) is 5.91 Å². The van der Waals surface area contributed by atoms with Crippen LogP contribution < -0.4 is 0 Å². The highest BCUT2D eigenvalue weighted by Crippen LogP contribution is 2.20. The Hall–Kier alpha value is -3.45. The van der Waals surface area contributed by atoms with E-state index in [1.165, 1.54) is 5.56 Å². The number of nitrogens with zero attached hydrogens (tertiary/aromatic N) is 3. The highest BCUT2D eigenvalue weighted by molar-refractivity contribution is 5.96. The standard InChI is InChI=1S/C23H24N4O3/c1-27(14-18-13-19(15-29-2)26-25-18)23(28)17-9-10-21-20(12-17)24-22(30-21)11-8-16-6-4-3-5-7-16/h3-7,9-10,12-13H,8,11,14-15H2,1-2H3,(H,25,26). The lowest BCUT2D eigenvalue weighted by atomic mass is 10.1. The zero-order valence-corrected chi connectivity index (χ0v) is 17.1. The van der Waals surface area contributed by atoms with E-state index in [9.17, 15) is 4.79 Å². The van der Waals surface area contributed by atoms with Crippen LogP contribution in [0.3, 0.4) is 0 Å². The highest BCUT2D eigenvalue weighted by Gasteiger charge is 2.16. The lowest BCUT2D eigenvalue weighted by Gasteiger charge is -2.16. The first-order valence-electron chi connectivity index (χ1n) is 9.83. The van der Waals surface area contributed by atoms with Gasteiger partial charge in [-0.05, 0) is 36.2 Å². The molecule has 0 saturated heterocycles. The molecule has 7 heteroatoms. The van der Waals surface area contributed by atoms with Crippen LogP contribution in [-0.4, -0.2) is 40.1 Å². The molecule has 4 rings (SSSR count). The van der Waals surface area contributed by atoms with Crippen molar-refractivity contribution in [2.45, 2.75) is 26.0 Å². The minimum atomic E-state index is -0.0892. The van der Waals surface area contributed by atoms with Gasteiger partial charge in [0, 0.05) is 26.1 Å². The van der Waals surface area contributed by atoms with Gasteiger partial charge in [-0.2, -0.15) is 5.10 Å². The van der Waals surface area contributed by atoms with Gasteiger partial charge >= 0.3 is 0 Å². The number of nitrogens with one attached hydrogen (secondary N) is 1. The summed E-state index contributed by atoms with van der Waals surface area (Å²) in [6.07, 6.45) is 1.57. The van der Waals surface area contributed by atoms with E-state index >= 15 is 0 Å². The number of fused-ring (bicyclic) bond motifs is 1. The van der Waals surface area contributed by atoms with Crippen molar-refractivity contribution in [2.75, 3.05) is 14.2 Å². The summed E-state index contributed by atoms with van der Waals surface area (Å²) in [7, 11) is 3.38. The molecule has 0 aliphatic heterocycles. The number of H-pyrrole nitrogens is 1. The third-order valence-corrected chi connectivity index (χ3v) is 4.88. The molecule has 154 valence electrons. The van der Waals surface area contributed by atoms with E-state index in [0.29, 0.717) is 42.1 Å². The van der Waals surface area contributed by atoms with Gasteiger partial charge in [0.1, 0.15) is 5.52 Å². The maximum atomic E-state index is 12.9. The number of oxazole rings is 1. The van der Waals surface area contributed by atoms with Gasteiger partial charge in [-0.15, -0.1) is 0 Å². The molecular weight excluding hydrogens is 380 g/mol. The van der Waals surface area contributed by atoms with E-state index in [0.717, 1.165) is 17.8 Å². The van der Waals surface area contributed by atoms with Crippen LogP contribution in [0.1, 0.15) is 33.2 Å². The number of benzene rings is 2. The van der Waals surface area contributed by atoms with Gasteiger partial charge in [-0.25, -0.2) is 4.98 Å². The average molecular weight is 404 g/mol. The third-order valence-electron chi connectivity index (χ3n) is 4.88. The largest absolute Gasteiger partial charge is 0.441 e. The summed E-state index contributed by atoms with van der Waals surface area (Å²) in [6.45, 7) is 0.859. The van der Waals surface area contributed by atoms with Crippen LogP contribution in [0.15, 0.2) is 59.0 Å². The number of rotatable bonds is 8. The van der Waals surface area contributed by atoms with Gasteiger partial charge in [0.2, 0.25) is 0 Å². The number of carbonyl (C=O) groups excluding carboxylic acids is 1. The van der Waals surface area contributed by atoms with Crippen molar-refractivity contribution in [3.05, 3.63) is 83.0 Å². The van der Waals surface area contributed by atoms with Crippen molar-refractivity contribution in [3.63, 3.8) is 0 Å². The van der Waals surface area contributed by atoms with E-state index in [1.54, 1.807) is 31.2 Å². The first-order valence-corrected chi connectivity index (χ1v) is 9.83. The van der Waals surface area contributed by atoms with Crippen LogP contribution in [0, 0.1) is 0 Å². The molecule has 1 N–H and O–H groups in total. The minimum Gasteiger partial charge on any atom is -0.441 e. The quantitative estimate of drug-likeness (QED) is 0.483. The smallest absolute Gasteiger partial charge is 0.254 e. The van der Waals surface area contributed by atoms with Crippen LogP contribution >= 0.6 is 0 Å². The molecular formula is C23H24N4O3. The summed E-state index contributed by atoms with van der Waals surface area (Å²) in [4.78, 5) is 19.1. The van der Waals surface area contributed by atoms with E-state index in [-0.39, 0.29) is 5.91 Å². The molecule has 0 aliphatic carbocycles. The molecule has 7 nitrogen and oxygen atoms in total. The number of ether oxygens (including phenoxy) is 1. The van der Waals surface area contributed by atoms with Crippen LogP contribution in [0.2, 0.25) is 0 Å². The number of methoxy groups -OCH3 is 1. The summed E-state index contributed by atoms with van der Waals surface area (Å²) in [5, 5.41) is 7.10. The molecule has 0 unspecified atom stereocenters. The van der Waals surface area contributed by atoms with E-state index in [2.05, 4.69) is 27.3 Å². The maximum absolute atomic E-state index is 12.9. The van der Waals surface area contributed by atoms with Gasteiger partial charge < -0.3 is 14.1 Å². The molecule has 0 aliphatic rings. The lowest BCUT2D eigenvalue weighted by Crippen LogP contribution is -2.26. The molecule has 1 amide bonds. The number of amides is 1. The van der Waals surface area contributed by atoms with Crippen LogP contribution in [0.4, 0.5) is 0 Å². The summed E-state index contributed by atoms with van der Waals surface area (Å²) in [6, 6.07) is 17.5. The molecule has 0 fully saturated rings. The number of hydrogen-bond donors (Lipinski definition) is 1. The zero-order chi connectivity index (χ0) is 20.9. The number of aromatic nitrogens is 3. The molecule has 2 heterocycles. The van der Waals surface area contributed by atoms with Crippen molar-refractivity contribution in [3.8, 4) is 0 Å². The van der Waals surface area contributed by atoms with Crippen molar-refractivity contribution in [1.29, 1.82) is 0 Å². The Kier molecular flexibility index (Phi) is 5.90. The Morgan fingerprint density at radius 1 is 1.13 bits per heavy atom. The second kappa shape index (κ2) is 8.92. The van der Waals surface area contributed by atoms with E-state index < -0.39 is 0 Å². The van der Waals surface area contributed by atoms with Crippen LogP contribution in [0.25, 0.3) is 11.1 Å². The molecule has 2 aromatic carbocycles. The van der Waals surface area contributed by atoms with E-state index in [4.69, 9.17) is 9.15 Å². The highest BCUT2D eigenvalue weighted by atomic mass is 16.5. The monoisotopic (exact) mass is 404 g/mol. The first kappa shape index (κ1) is 19.8. The van der Waals surface area contributed by atoms with E-state index in [1.807, 2.05) is 30.3 Å².